The van der Waals surface area contributed by atoms with E-state index in [1.807, 2.05) is 0 Å². The van der Waals surface area contributed by atoms with Gasteiger partial charge < -0.3 is 10.1 Å². The van der Waals surface area contributed by atoms with E-state index in [9.17, 15) is 14.9 Å². The van der Waals surface area contributed by atoms with Crippen molar-refractivity contribution in [1.82, 2.24) is 5.32 Å². The quantitative estimate of drug-likeness (QED) is 0.614. The van der Waals surface area contributed by atoms with Crippen molar-refractivity contribution >= 4 is 11.5 Å². The molecule has 19 heavy (non-hydrogen) atoms. The Kier molecular flexibility index (Phi) is 2.56. The molecule has 2 heterocycles. The number of nitrogens with one attached hydrogen (secondary N) is 1. The molecule has 100 valence electrons. The SMILES string of the molecule is Cc1cc2c(c([N+](=O)[O-])c1)OC1(CCNC1)CC2=O. The van der Waals surface area contributed by atoms with Crippen molar-refractivity contribution in [2.24, 2.45) is 0 Å². The van der Waals surface area contributed by atoms with Crippen molar-refractivity contribution in [3.05, 3.63) is 33.4 Å². The Morgan fingerprint density at radius 3 is 2.89 bits per heavy atom. The number of nitro groups is 1. The standard InChI is InChI=1S/C13H14N2O4/c1-8-4-9-11(16)6-13(2-3-14-7-13)19-12(9)10(5-8)15(17)18/h4-5,14H,2-3,6-7H2,1H3. The summed E-state index contributed by atoms with van der Waals surface area (Å²) >= 11 is 0. The van der Waals surface area contributed by atoms with E-state index >= 15 is 0 Å². The van der Waals surface area contributed by atoms with Crippen molar-refractivity contribution in [2.45, 2.75) is 25.4 Å². The first kappa shape index (κ1) is 12.1. The Bertz CT molecular complexity index is 559. The van der Waals surface area contributed by atoms with Gasteiger partial charge in [-0.05, 0) is 25.1 Å². The highest BCUT2D eigenvalue weighted by atomic mass is 16.6. The van der Waals surface area contributed by atoms with Gasteiger partial charge in [0, 0.05) is 19.0 Å². The topological polar surface area (TPSA) is 81.5 Å². The second-order valence-corrected chi connectivity index (χ2v) is 5.23. The van der Waals surface area contributed by atoms with E-state index in [1.54, 1.807) is 13.0 Å². The van der Waals surface area contributed by atoms with E-state index in [-0.39, 0.29) is 23.6 Å². The van der Waals surface area contributed by atoms with Crippen LogP contribution in [0.25, 0.3) is 0 Å². The Morgan fingerprint density at radius 2 is 2.26 bits per heavy atom. The Balaban J connectivity index is 2.14. The molecule has 1 spiro atoms. The number of fused-ring (bicyclic) bond motifs is 1. The first-order valence-corrected chi connectivity index (χ1v) is 6.23. The molecular formula is C13H14N2O4. The van der Waals surface area contributed by atoms with Crippen LogP contribution in [-0.4, -0.2) is 29.4 Å². The summed E-state index contributed by atoms with van der Waals surface area (Å²) in [7, 11) is 0. The van der Waals surface area contributed by atoms with Gasteiger partial charge in [0.25, 0.3) is 0 Å². The van der Waals surface area contributed by atoms with E-state index in [1.165, 1.54) is 6.07 Å². The van der Waals surface area contributed by atoms with Crippen LogP contribution in [0.4, 0.5) is 5.69 Å². The lowest BCUT2D eigenvalue weighted by atomic mass is 9.88. The molecule has 6 heteroatoms. The predicted molar refractivity (Wildman–Crippen MR) is 67.6 cm³/mol. The van der Waals surface area contributed by atoms with Crippen LogP contribution in [0.1, 0.15) is 28.8 Å². The molecule has 1 fully saturated rings. The third kappa shape index (κ3) is 1.88. The van der Waals surface area contributed by atoms with Crippen LogP contribution in [0, 0.1) is 17.0 Å². The lowest BCUT2D eigenvalue weighted by Crippen LogP contribution is -2.44. The van der Waals surface area contributed by atoms with E-state index in [2.05, 4.69) is 5.32 Å². The largest absolute Gasteiger partial charge is 0.478 e. The molecule has 0 aliphatic carbocycles. The van der Waals surface area contributed by atoms with Crippen molar-refractivity contribution in [2.75, 3.05) is 13.1 Å². The first-order chi connectivity index (χ1) is 9.01. The molecule has 1 unspecified atom stereocenters. The summed E-state index contributed by atoms with van der Waals surface area (Å²) in [5.74, 6) is 0.0623. The summed E-state index contributed by atoms with van der Waals surface area (Å²) in [5.41, 5.74) is 0.311. The van der Waals surface area contributed by atoms with Crippen LogP contribution in [0.5, 0.6) is 5.75 Å². The third-order valence-electron chi connectivity index (χ3n) is 3.72. The number of ether oxygens (including phenoxy) is 1. The molecule has 0 saturated carbocycles. The van der Waals surface area contributed by atoms with Crippen molar-refractivity contribution in [1.29, 1.82) is 0 Å². The minimum Gasteiger partial charge on any atom is -0.478 e. The summed E-state index contributed by atoms with van der Waals surface area (Å²) < 4.78 is 5.87. The maximum Gasteiger partial charge on any atom is 0.311 e. The molecule has 0 aromatic heterocycles. The van der Waals surface area contributed by atoms with Gasteiger partial charge >= 0.3 is 5.69 Å². The zero-order valence-corrected chi connectivity index (χ0v) is 10.6. The summed E-state index contributed by atoms with van der Waals surface area (Å²) in [6.45, 7) is 3.06. The molecule has 1 N–H and O–H groups in total. The molecule has 0 amide bonds. The van der Waals surface area contributed by atoms with Crippen LogP contribution in [-0.2, 0) is 0 Å². The highest BCUT2D eigenvalue weighted by Gasteiger charge is 2.45. The number of aryl methyl sites for hydroxylation is 1. The molecular weight excluding hydrogens is 248 g/mol. The summed E-state index contributed by atoms with van der Waals surface area (Å²) in [6, 6.07) is 3.12. The smallest absolute Gasteiger partial charge is 0.311 e. The van der Waals surface area contributed by atoms with E-state index in [4.69, 9.17) is 4.74 Å². The number of nitro benzene ring substituents is 1. The molecule has 0 bridgehead atoms. The molecule has 1 aromatic rings. The van der Waals surface area contributed by atoms with Gasteiger partial charge in [-0.25, -0.2) is 0 Å². The number of carbonyl (C=O) groups excluding carboxylic acids is 1. The summed E-state index contributed by atoms with van der Waals surface area (Å²) in [5, 5.41) is 14.3. The van der Waals surface area contributed by atoms with Gasteiger partial charge in [0.15, 0.2) is 5.78 Å². The Labute approximate surface area is 109 Å². The minimum absolute atomic E-state index is 0.0725. The van der Waals surface area contributed by atoms with Crippen LogP contribution < -0.4 is 10.1 Å². The van der Waals surface area contributed by atoms with Crippen molar-refractivity contribution < 1.29 is 14.5 Å². The fourth-order valence-electron chi connectivity index (χ4n) is 2.80. The van der Waals surface area contributed by atoms with Gasteiger partial charge in [-0.3, -0.25) is 14.9 Å². The van der Waals surface area contributed by atoms with Gasteiger partial charge in [0.1, 0.15) is 5.60 Å². The maximum atomic E-state index is 12.2. The number of benzene rings is 1. The number of hydrogen-bond acceptors (Lipinski definition) is 5. The average Bonchev–Trinajstić information content (AvgIpc) is 2.77. The van der Waals surface area contributed by atoms with Gasteiger partial charge in [-0.15, -0.1) is 0 Å². The summed E-state index contributed by atoms with van der Waals surface area (Å²) in [4.78, 5) is 22.9. The molecule has 1 saturated heterocycles. The van der Waals surface area contributed by atoms with Crippen LogP contribution in [0.3, 0.4) is 0 Å². The number of carbonyl (C=O) groups is 1. The van der Waals surface area contributed by atoms with Gasteiger partial charge in [-0.2, -0.15) is 0 Å². The van der Waals surface area contributed by atoms with Crippen molar-refractivity contribution in [3.8, 4) is 5.75 Å². The molecule has 2 aliphatic heterocycles. The number of nitrogens with zero attached hydrogens (tertiary/aromatic N) is 1. The van der Waals surface area contributed by atoms with E-state index < -0.39 is 10.5 Å². The lowest BCUT2D eigenvalue weighted by molar-refractivity contribution is -0.386. The fourth-order valence-corrected chi connectivity index (χ4v) is 2.80. The normalized spacial score (nSPS) is 25.2. The highest BCUT2D eigenvalue weighted by molar-refractivity contribution is 6.02. The number of hydrogen-bond donors (Lipinski definition) is 1. The second kappa shape index (κ2) is 4.03. The molecule has 6 nitrogen and oxygen atoms in total. The van der Waals surface area contributed by atoms with Gasteiger partial charge in [0.05, 0.1) is 16.9 Å². The summed E-state index contributed by atoms with van der Waals surface area (Å²) in [6.07, 6.45) is 0.983. The van der Waals surface area contributed by atoms with Crippen LogP contribution >= 0.6 is 0 Å². The number of ketones is 1. The zero-order chi connectivity index (χ0) is 13.6. The second-order valence-electron chi connectivity index (χ2n) is 5.23. The van der Waals surface area contributed by atoms with Crippen LogP contribution in [0.15, 0.2) is 12.1 Å². The monoisotopic (exact) mass is 262 g/mol. The van der Waals surface area contributed by atoms with Crippen LogP contribution in [0.2, 0.25) is 0 Å². The molecule has 0 radical (unpaired) electrons. The number of Topliss-reactive ketones (excluding diaryl/α,β-unsaturated/α-hetero) is 1. The molecule has 3 rings (SSSR count). The zero-order valence-electron chi connectivity index (χ0n) is 10.6. The number of rotatable bonds is 1. The predicted octanol–water partition coefficient (Wildman–Crippen LogP) is 1.60. The Morgan fingerprint density at radius 1 is 1.47 bits per heavy atom. The highest BCUT2D eigenvalue weighted by Crippen LogP contribution is 2.42. The maximum absolute atomic E-state index is 12.2. The Hall–Kier alpha value is -1.95. The lowest BCUT2D eigenvalue weighted by Gasteiger charge is -2.33. The van der Waals surface area contributed by atoms with E-state index in [0.29, 0.717) is 24.1 Å². The van der Waals surface area contributed by atoms with Gasteiger partial charge in [-0.1, -0.05) is 0 Å². The van der Waals surface area contributed by atoms with Crippen molar-refractivity contribution in [3.63, 3.8) is 0 Å². The molecule has 2 aliphatic rings. The average molecular weight is 262 g/mol. The molecule has 1 atom stereocenters. The molecule has 1 aromatic carbocycles. The van der Waals surface area contributed by atoms with E-state index in [0.717, 1.165) is 6.54 Å². The minimum atomic E-state index is -0.607. The van der Waals surface area contributed by atoms with Gasteiger partial charge in [0.2, 0.25) is 5.75 Å². The third-order valence-corrected chi connectivity index (χ3v) is 3.72. The first-order valence-electron chi connectivity index (χ1n) is 6.23. The fraction of sp³-hybridized carbons (Fsp3) is 0.462.